The quantitative estimate of drug-likeness (QED) is 0.256. The molecule has 1 aromatic carbocycles. The number of aliphatic hydroxyl groups is 2. The van der Waals surface area contributed by atoms with Gasteiger partial charge in [0, 0.05) is 11.9 Å². The Kier molecular flexibility index (Phi) is 7.54. The first-order chi connectivity index (χ1) is 18.4. The van der Waals surface area contributed by atoms with Gasteiger partial charge < -0.3 is 29.5 Å². The number of rotatable bonds is 10. The third kappa shape index (κ3) is 6.78. The number of ether oxygens (including phenoxy) is 2. The number of nitrogens with zero attached hydrogens (tertiary/aromatic N) is 1. The molecule has 0 aromatic heterocycles. The molecule has 0 spiro atoms. The number of carbonyl (C=O) groups excluding carboxylic acids is 2. The standard InChI is InChI=1S/C24H34N3O9P/c1-14(2)34-21(29)17(5)26-37(32,36-18-10-8-7-9-11-18)33-13-19-20(28)24(6,31)22(35-19)27-12-15(3)16(4)25-23(27)30/h7-12,14,17,19-20,22,28,31H,4,13H2,1-3,5-6H3,(H,25,30)(H,26,32)/t17-,19+,20+,22+,24+,37-/m0/s1/i12D,13D2. The fourth-order valence-electron chi connectivity index (χ4n) is 3.40. The lowest BCUT2D eigenvalue weighted by atomic mass is 9.96. The maximum atomic E-state index is 13.9. The van der Waals surface area contributed by atoms with E-state index in [1.165, 1.54) is 26.0 Å². The zero-order valence-electron chi connectivity index (χ0n) is 24.1. The van der Waals surface area contributed by atoms with Gasteiger partial charge in [-0.2, -0.15) is 5.09 Å². The molecule has 0 bridgehead atoms. The predicted octanol–water partition coefficient (Wildman–Crippen LogP) is 2.40. The molecule has 13 heteroatoms. The number of para-hydroxylation sites is 1. The van der Waals surface area contributed by atoms with Gasteiger partial charge in [-0.05, 0) is 52.3 Å². The molecule has 1 aromatic rings. The van der Waals surface area contributed by atoms with Crippen molar-refractivity contribution in [2.45, 2.75) is 70.8 Å². The van der Waals surface area contributed by atoms with Crippen LogP contribution in [0.3, 0.4) is 0 Å². The molecule has 6 atom stereocenters. The smallest absolute Gasteiger partial charge is 0.459 e. The van der Waals surface area contributed by atoms with E-state index in [0.717, 1.165) is 6.92 Å². The summed E-state index contributed by atoms with van der Waals surface area (Å²) in [6, 6.07) is 5.41. The van der Waals surface area contributed by atoms with Gasteiger partial charge in [0.1, 0.15) is 29.6 Å². The summed E-state index contributed by atoms with van der Waals surface area (Å²) < 4.78 is 60.7. The molecule has 37 heavy (non-hydrogen) atoms. The Morgan fingerprint density at radius 3 is 2.68 bits per heavy atom. The topological polar surface area (TPSA) is 156 Å². The molecule has 2 heterocycles. The van der Waals surface area contributed by atoms with Gasteiger partial charge in [0.15, 0.2) is 6.23 Å². The van der Waals surface area contributed by atoms with E-state index in [-0.39, 0.29) is 17.0 Å². The largest absolute Gasteiger partial charge is 0.462 e. The Morgan fingerprint density at radius 2 is 2.05 bits per heavy atom. The summed E-state index contributed by atoms with van der Waals surface area (Å²) in [6.45, 7) is 7.58. The summed E-state index contributed by atoms with van der Waals surface area (Å²) in [4.78, 5) is 25.8. The molecule has 0 saturated carbocycles. The highest BCUT2D eigenvalue weighted by Gasteiger charge is 2.56. The summed E-state index contributed by atoms with van der Waals surface area (Å²) in [7, 11) is -4.78. The number of hydrogen-bond donors (Lipinski definition) is 4. The van der Waals surface area contributed by atoms with E-state index in [1.54, 1.807) is 32.0 Å². The van der Waals surface area contributed by atoms with Gasteiger partial charge in [-0.25, -0.2) is 9.36 Å². The number of amides is 2. The summed E-state index contributed by atoms with van der Waals surface area (Å²) in [6.07, 6.45) is -6.75. The minimum absolute atomic E-state index is 0.000925. The lowest BCUT2D eigenvalue weighted by molar-refractivity contribution is -0.149. The SMILES string of the molecule is [2H]C1=C(C)C(=C)NC(=O)N1[C@@H]1O[C@H](C([2H])([2H])O[P@@](=O)(N[C@@H](C)C(=O)OC(C)C)Oc2ccccc2)[C@@H](O)[C@@]1(C)O. The van der Waals surface area contributed by atoms with Crippen molar-refractivity contribution in [1.29, 1.82) is 0 Å². The highest BCUT2D eigenvalue weighted by Crippen LogP contribution is 2.46. The molecular weight excluding hydrogens is 505 g/mol. The first-order valence-electron chi connectivity index (χ1n) is 13.0. The number of benzene rings is 1. The molecule has 2 aliphatic rings. The Bertz CT molecular complexity index is 1230. The van der Waals surface area contributed by atoms with Gasteiger partial charge in [0.2, 0.25) is 0 Å². The van der Waals surface area contributed by atoms with Crippen molar-refractivity contribution in [3.05, 3.63) is 54.4 Å². The Labute approximate surface area is 220 Å². The van der Waals surface area contributed by atoms with E-state index in [9.17, 15) is 24.4 Å². The third-order valence-corrected chi connectivity index (χ3v) is 6.93. The number of carbonyl (C=O) groups is 2. The number of allylic oxidation sites excluding steroid dienone is 1. The lowest BCUT2D eigenvalue weighted by Gasteiger charge is -2.36. The average Bonchev–Trinajstić information content (AvgIpc) is 3.07. The van der Waals surface area contributed by atoms with Crippen molar-refractivity contribution in [1.82, 2.24) is 15.3 Å². The minimum atomic E-state index is -4.78. The first-order valence-corrected chi connectivity index (χ1v) is 13.0. The molecule has 4 N–H and O–H groups in total. The van der Waals surface area contributed by atoms with Gasteiger partial charge in [-0.3, -0.25) is 14.2 Å². The fourth-order valence-corrected chi connectivity index (χ4v) is 4.77. The van der Waals surface area contributed by atoms with Crippen LogP contribution in [0, 0.1) is 0 Å². The van der Waals surface area contributed by atoms with Crippen LogP contribution in [0.1, 0.15) is 38.7 Å². The van der Waals surface area contributed by atoms with Crippen molar-refractivity contribution in [2.75, 3.05) is 6.56 Å². The van der Waals surface area contributed by atoms with Crippen molar-refractivity contribution < 1.29 is 47.0 Å². The van der Waals surface area contributed by atoms with Crippen LogP contribution in [0.5, 0.6) is 5.75 Å². The van der Waals surface area contributed by atoms with E-state index in [1.807, 2.05) is 0 Å². The molecule has 0 radical (unpaired) electrons. The Morgan fingerprint density at radius 1 is 1.41 bits per heavy atom. The van der Waals surface area contributed by atoms with Crippen LogP contribution >= 0.6 is 7.75 Å². The van der Waals surface area contributed by atoms with Crippen molar-refractivity contribution in [3.8, 4) is 5.75 Å². The molecule has 1 fully saturated rings. The molecule has 12 nitrogen and oxygen atoms in total. The normalized spacial score (nSPS) is 30.2. The van der Waals surface area contributed by atoms with E-state index in [4.69, 9.17) is 22.6 Å². The second kappa shape index (κ2) is 11.3. The van der Waals surface area contributed by atoms with Gasteiger partial charge >= 0.3 is 19.7 Å². The zero-order valence-corrected chi connectivity index (χ0v) is 22.0. The van der Waals surface area contributed by atoms with Crippen molar-refractivity contribution in [3.63, 3.8) is 0 Å². The van der Waals surface area contributed by atoms with Crippen LogP contribution in [-0.4, -0.2) is 69.9 Å². The fraction of sp³-hybridized carbons (Fsp3) is 0.500. The Balaban J connectivity index is 1.93. The van der Waals surface area contributed by atoms with E-state index < -0.39 is 68.7 Å². The molecule has 0 aliphatic carbocycles. The monoisotopic (exact) mass is 542 g/mol. The number of nitrogens with one attached hydrogen (secondary N) is 2. The minimum Gasteiger partial charge on any atom is -0.462 e. The number of hydrogen-bond acceptors (Lipinski definition) is 9. The molecule has 0 unspecified atom stereocenters. The van der Waals surface area contributed by atoms with Gasteiger partial charge in [-0.15, -0.1) is 0 Å². The number of urea groups is 1. The highest BCUT2D eigenvalue weighted by molar-refractivity contribution is 7.52. The highest BCUT2D eigenvalue weighted by atomic mass is 31.2. The number of esters is 1. The second-order valence-electron chi connectivity index (χ2n) is 9.04. The summed E-state index contributed by atoms with van der Waals surface area (Å²) in [5.74, 6) is -0.819. The van der Waals surface area contributed by atoms with Crippen LogP contribution in [-0.2, 0) is 23.4 Å². The second-order valence-corrected chi connectivity index (χ2v) is 10.7. The van der Waals surface area contributed by atoms with Crippen molar-refractivity contribution in [2.24, 2.45) is 0 Å². The van der Waals surface area contributed by atoms with E-state index in [2.05, 4.69) is 17.0 Å². The lowest BCUT2D eigenvalue weighted by Crippen LogP contribution is -2.56. The van der Waals surface area contributed by atoms with Crippen LogP contribution in [0.4, 0.5) is 4.79 Å². The summed E-state index contributed by atoms with van der Waals surface area (Å²) in [5, 5.41) is 26.8. The predicted molar refractivity (Wildman–Crippen MR) is 133 cm³/mol. The van der Waals surface area contributed by atoms with Crippen LogP contribution in [0.15, 0.2) is 54.4 Å². The van der Waals surface area contributed by atoms with Crippen LogP contribution < -0.4 is 14.9 Å². The van der Waals surface area contributed by atoms with E-state index in [0.29, 0.717) is 4.90 Å². The molecule has 1 saturated heterocycles. The van der Waals surface area contributed by atoms with Gasteiger partial charge in [0.05, 0.1) is 16.8 Å². The zero-order chi connectivity index (χ0) is 30.2. The first kappa shape index (κ1) is 24.6. The summed E-state index contributed by atoms with van der Waals surface area (Å²) >= 11 is 0. The molecule has 2 aliphatic heterocycles. The average molecular weight is 543 g/mol. The maximum Gasteiger partial charge on any atom is 0.459 e. The van der Waals surface area contributed by atoms with Crippen LogP contribution in [0.2, 0.25) is 0 Å². The van der Waals surface area contributed by atoms with Gasteiger partial charge in [-0.1, -0.05) is 24.8 Å². The third-order valence-electron chi connectivity index (χ3n) is 5.43. The maximum absolute atomic E-state index is 13.9. The number of aliphatic hydroxyl groups excluding tert-OH is 1. The summed E-state index contributed by atoms with van der Waals surface area (Å²) in [5.41, 5.74) is -1.94. The Hall–Kier alpha value is -2.73. The molecule has 204 valence electrons. The van der Waals surface area contributed by atoms with Crippen LogP contribution in [0.25, 0.3) is 0 Å². The molecular formula is C24H34N3O9P. The van der Waals surface area contributed by atoms with Crippen molar-refractivity contribution >= 4 is 19.7 Å². The van der Waals surface area contributed by atoms with Gasteiger partial charge in [0.25, 0.3) is 0 Å². The van der Waals surface area contributed by atoms with E-state index >= 15 is 0 Å². The molecule has 2 amide bonds. The molecule has 3 rings (SSSR count).